The van der Waals surface area contributed by atoms with Gasteiger partial charge in [-0.15, -0.1) is 0 Å². The average Bonchev–Trinajstić information content (AvgIpc) is 2.61. The Kier molecular flexibility index (Phi) is 4.68. The molecule has 1 unspecified atom stereocenters. The molecule has 0 aromatic heterocycles. The molecule has 18 heavy (non-hydrogen) atoms. The van der Waals surface area contributed by atoms with Gasteiger partial charge in [0.1, 0.15) is 5.75 Å². The summed E-state index contributed by atoms with van der Waals surface area (Å²) in [5, 5.41) is 9.50. The number of ether oxygens (including phenoxy) is 1. The van der Waals surface area contributed by atoms with Crippen molar-refractivity contribution in [3.63, 3.8) is 0 Å². The van der Waals surface area contributed by atoms with Gasteiger partial charge in [-0.1, -0.05) is 13.3 Å². The van der Waals surface area contributed by atoms with Crippen molar-refractivity contribution in [3.05, 3.63) is 27.2 Å². The van der Waals surface area contributed by atoms with E-state index >= 15 is 0 Å². The van der Waals surface area contributed by atoms with Gasteiger partial charge in [-0.3, -0.25) is 0 Å². The Balaban J connectivity index is 2.60. The van der Waals surface area contributed by atoms with Crippen molar-refractivity contribution in [1.82, 2.24) is 0 Å². The van der Waals surface area contributed by atoms with Crippen molar-refractivity contribution in [3.8, 4) is 5.75 Å². The number of aryl methyl sites for hydroxylation is 1. The molecule has 1 aromatic rings. The molecular formula is C15H21BrO2. The summed E-state index contributed by atoms with van der Waals surface area (Å²) in [6.45, 7) is 2.23. The maximum atomic E-state index is 9.50. The molecule has 1 N–H and O–H groups in total. The number of methoxy groups -OCH3 is 1. The Labute approximate surface area is 117 Å². The van der Waals surface area contributed by atoms with E-state index in [0.29, 0.717) is 0 Å². The first-order valence-electron chi connectivity index (χ1n) is 6.68. The second-order valence-corrected chi connectivity index (χ2v) is 5.94. The molecule has 1 aliphatic carbocycles. The van der Waals surface area contributed by atoms with Crippen molar-refractivity contribution in [1.29, 1.82) is 0 Å². The molecular weight excluding hydrogens is 292 g/mol. The summed E-state index contributed by atoms with van der Waals surface area (Å²) < 4.78 is 6.56. The summed E-state index contributed by atoms with van der Waals surface area (Å²) >= 11 is 3.60. The maximum absolute atomic E-state index is 9.50. The van der Waals surface area contributed by atoms with Crippen molar-refractivity contribution in [2.75, 3.05) is 13.7 Å². The molecule has 0 aliphatic heterocycles. The standard InChI is InChI=1S/C15H21BrO2/c1-10(9-17)14-12-7-5-3-4-6-11(12)8-13(16)15(14)18-2/h8,10,17H,3-7,9H2,1-2H3. The van der Waals surface area contributed by atoms with Crippen LogP contribution in [0.15, 0.2) is 10.5 Å². The summed E-state index contributed by atoms with van der Waals surface area (Å²) in [4.78, 5) is 0. The van der Waals surface area contributed by atoms with Gasteiger partial charge in [0.05, 0.1) is 11.6 Å². The molecule has 0 spiro atoms. The molecule has 3 heteroatoms. The molecule has 2 rings (SSSR count). The van der Waals surface area contributed by atoms with Crippen LogP contribution in [0.1, 0.15) is 48.8 Å². The third-order valence-electron chi connectivity index (χ3n) is 3.82. The van der Waals surface area contributed by atoms with E-state index in [1.165, 1.54) is 36.0 Å². The molecule has 1 atom stereocenters. The normalized spacial score (nSPS) is 16.9. The highest BCUT2D eigenvalue weighted by molar-refractivity contribution is 9.10. The van der Waals surface area contributed by atoms with E-state index in [-0.39, 0.29) is 12.5 Å². The van der Waals surface area contributed by atoms with Crippen LogP contribution in [0.25, 0.3) is 0 Å². The van der Waals surface area contributed by atoms with Crippen molar-refractivity contribution < 1.29 is 9.84 Å². The van der Waals surface area contributed by atoms with Crippen LogP contribution in [0.5, 0.6) is 5.75 Å². The fraction of sp³-hybridized carbons (Fsp3) is 0.600. The minimum atomic E-state index is 0.129. The lowest BCUT2D eigenvalue weighted by molar-refractivity contribution is 0.269. The van der Waals surface area contributed by atoms with Crippen molar-refractivity contribution in [2.45, 2.75) is 44.9 Å². The van der Waals surface area contributed by atoms with Crippen LogP contribution in [0.2, 0.25) is 0 Å². The van der Waals surface area contributed by atoms with Crippen molar-refractivity contribution in [2.24, 2.45) is 0 Å². The first-order chi connectivity index (χ1) is 8.69. The lowest BCUT2D eigenvalue weighted by Gasteiger charge is -2.22. The van der Waals surface area contributed by atoms with Gasteiger partial charge in [0, 0.05) is 18.1 Å². The molecule has 0 heterocycles. The molecule has 0 radical (unpaired) electrons. The zero-order valence-electron chi connectivity index (χ0n) is 11.1. The summed E-state index contributed by atoms with van der Waals surface area (Å²) in [7, 11) is 1.71. The van der Waals surface area contributed by atoms with Gasteiger partial charge in [-0.05, 0) is 58.8 Å². The van der Waals surface area contributed by atoms with Gasteiger partial charge in [-0.25, -0.2) is 0 Å². The number of hydrogen-bond acceptors (Lipinski definition) is 2. The Bertz CT molecular complexity index is 429. The van der Waals surface area contributed by atoms with Gasteiger partial charge < -0.3 is 9.84 Å². The van der Waals surface area contributed by atoms with Crippen LogP contribution < -0.4 is 4.74 Å². The summed E-state index contributed by atoms with van der Waals surface area (Å²) in [5.41, 5.74) is 4.04. The van der Waals surface area contributed by atoms with E-state index in [0.717, 1.165) is 23.1 Å². The monoisotopic (exact) mass is 312 g/mol. The molecule has 1 aromatic carbocycles. The SMILES string of the molecule is COc1c(Br)cc2c(c1C(C)CO)CCCCC2. The summed E-state index contributed by atoms with van der Waals surface area (Å²) in [6, 6.07) is 2.20. The van der Waals surface area contributed by atoms with Crippen molar-refractivity contribution >= 4 is 15.9 Å². The van der Waals surface area contributed by atoms with Gasteiger partial charge >= 0.3 is 0 Å². The highest BCUT2D eigenvalue weighted by atomic mass is 79.9. The highest BCUT2D eigenvalue weighted by Crippen LogP contribution is 2.40. The fourth-order valence-corrected chi connectivity index (χ4v) is 3.53. The van der Waals surface area contributed by atoms with Gasteiger partial charge in [0.15, 0.2) is 0 Å². The molecule has 0 amide bonds. The predicted molar refractivity (Wildman–Crippen MR) is 77.5 cm³/mol. The second kappa shape index (κ2) is 6.07. The minimum Gasteiger partial charge on any atom is -0.495 e. The maximum Gasteiger partial charge on any atom is 0.136 e. The van der Waals surface area contributed by atoms with Crippen LogP contribution in [-0.4, -0.2) is 18.8 Å². The van der Waals surface area contributed by atoms with E-state index < -0.39 is 0 Å². The number of aliphatic hydroxyl groups excluding tert-OH is 1. The third-order valence-corrected chi connectivity index (χ3v) is 4.41. The van der Waals surface area contributed by atoms with E-state index in [2.05, 4.69) is 28.9 Å². The van der Waals surface area contributed by atoms with Crippen LogP contribution in [0.3, 0.4) is 0 Å². The predicted octanol–water partition coefficient (Wildman–Crippen LogP) is 3.82. The third kappa shape index (κ3) is 2.57. The zero-order valence-corrected chi connectivity index (χ0v) is 12.7. The Morgan fingerprint density at radius 3 is 2.72 bits per heavy atom. The highest BCUT2D eigenvalue weighted by Gasteiger charge is 2.22. The van der Waals surface area contributed by atoms with E-state index in [1.807, 2.05) is 0 Å². The molecule has 0 saturated carbocycles. The average molecular weight is 313 g/mol. The number of benzene rings is 1. The summed E-state index contributed by atoms with van der Waals surface area (Å²) in [6.07, 6.45) is 6.05. The quantitative estimate of drug-likeness (QED) is 0.860. The first-order valence-corrected chi connectivity index (χ1v) is 7.47. The number of aliphatic hydroxyl groups is 1. The van der Waals surface area contributed by atoms with Gasteiger partial charge in [-0.2, -0.15) is 0 Å². The largest absolute Gasteiger partial charge is 0.495 e. The molecule has 2 nitrogen and oxygen atoms in total. The van der Waals surface area contributed by atoms with E-state index in [9.17, 15) is 5.11 Å². The van der Waals surface area contributed by atoms with Gasteiger partial charge in [0.25, 0.3) is 0 Å². The number of fused-ring (bicyclic) bond motifs is 1. The lowest BCUT2D eigenvalue weighted by atomic mass is 9.89. The topological polar surface area (TPSA) is 29.5 Å². The zero-order chi connectivity index (χ0) is 13.1. The van der Waals surface area contributed by atoms with Crippen LogP contribution in [-0.2, 0) is 12.8 Å². The Morgan fingerprint density at radius 1 is 1.33 bits per heavy atom. The Morgan fingerprint density at radius 2 is 2.06 bits per heavy atom. The smallest absolute Gasteiger partial charge is 0.136 e. The van der Waals surface area contributed by atoms with Crippen LogP contribution >= 0.6 is 15.9 Å². The van der Waals surface area contributed by atoms with E-state index in [4.69, 9.17) is 4.74 Å². The fourth-order valence-electron chi connectivity index (χ4n) is 2.88. The van der Waals surface area contributed by atoms with Gasteiger partial charge in [0.2, 0.25) is 0 Å². The molecule has 0 fully saturated rings. The van der Waals surface area contributed by atoms with Crippen LogP contribution in [0.4, 0.5) is 0 Å². The summed E-state index contributed by atoms with van der Waals surface area (Å²) in [5.74, 6) is 1.03. The van der Waals surface area contributed by atoms with Crippen LogP contribution in [0, 0.1) is 0 Å². The first kappa shape index (κ1) is 13.9. The molecule has 0 bridgehead atoms. The molecule has 0 saturated heterocycles. The minimum absolute atomic E-state index is 0.129. The Hall–Kier alpha value is -0.540. The number of rotatable bonds is 3. The number of halogens is 1. The molecule has 100 valence electrons. The second-order valence-electron chi connectivity index (χ2n) is 5.09. The number of hydrogen-bond donors (Lipinski definition) is 1. The van der Waals surface area contributed by atoms with E-state index in [1.54, 1.807) is 7.11 Å². The lowest BCUT2D eigenvalue weighted by Crippen LogP contribution is -2.09. The molecule has 1 aliphatic rings.